The van der Waals surface area contributed by atoms with Crippen LogP contribution >= 0.6 is 38.9 Å². The summed E-state index contributed by atoms with van der Waals surface area (Å²) in [5.41, 5.74) is 0.838. The highest BCUT2D eigenvalue weighted by Crippen LogP contribution is 2.31. The van der Waals surface area contributed by atoms with E-state index in [2.05, 4.69) is 34.2 Å². The molecular weight excluding hydrogens is 361 g/mol. The fourth-order valence-electron chi connectivity index (χ4n) is 2.03. The quantitative estimate of drug-likeness (QED) is 0.693. The predicted octanol–water partition coefficient (Wildman–Crippen LogP) is 5.59. The van der Waals surface area contributed by atoms with Crippen molar-refractivity contribution in [2.75, 3.05) is 6.54 Å². The van der Waals surface area contributed by atoms with E-state index >= 15 is 0 Å². The summed E-state index contributed by atoms with van der Waals surface area (Å²) >= 11 is 11.3. The van der Waals surface area contributed by atoms with Gasteiger partial charge in [-0.2, -0.15) is 0 Å². The molecule has 1 unspecified atom stereocenters. The molecule has 108 valence electrons. The minimum Gasteiger partial charge on any atom is -0.309 e. The first kappa shape index (κ1) is 16.0. The Kier molecular flexibility index (Phi) is 6.02. The average Bonchev–Trinajstić information content (AvgIpc) is 2.85. The van der Waals surface area contributed by atoms with Crippen LogP contribution in [0.2, 0.25) is 5.02 Å². The summed E-state index contributed by atoms with van der Waals surface area (Å²) in [6, 6.07) is 8.81. The van der Waals surface area contributed by atoms with Crippen LogP contribution in [-0.2, 0) is 6.42 Å². The Bertz CT molecular complexity index is 573. The lowest BCUT2D eigenvalue weighted by atomic mass is 10.0. The first-order valence-corrected chi connectivity index (χ1v) is 8.51. The standard InChI is InChI=1S/C15H16BrClFNS/c1-2-7-19-13(14-5-6-15(16)20-14)9-10-8-11(18)3-4-12(10)17/h3-6,8,13,19H,2,7,9H2,1H3. The Labute approximate surface area is 136 Å². The van der Waals surface area contributed by atoms with Crippen molar-refractivity contribution < 1.29 is 4.39 Å². The molecule has 0 saturated carbocycles. The zero-order valence-electron chi connectivity index (χ0n) is 11.1. The highest BCUT2D eigenvalue weighted by molar-refractivity contribution is 9.11. The summed E-state index contributed by atoms with van der Waals surface area (Å²) in [5.74, 6) is -0.244. The number of rotatable bonds is 6. The molecule has 1 aromatic heterocycles. The van der Waals surface area contributed by atoms with E-state index in [1.807, 2.05) is 6.07 Å². The molecule has 0 spiro atoms. The van der Waals surface area contributed by atoms with Gasteiger partial charge in [-0.15, -0.1) is 11.3 Å². The van der Waals surface area contributed by atoms with Crippen LogP contribution in [0.4, 0.5) is 4.39 Å². The number of hydrogen-bond donors (Lipinski definition) is 1. The van der Waals surface area contributed by atoms with Crippen LogP contribution in [0.3, 0.4) is 0 Å². The van der Waals surface area contributed by atoms with Crippen LogP contribution in [0.25, 0.3) is 0 Å². The topological polar surface area (TPSA) is 12.0 Å². The molecule has 2 rings (SSSR count). The number of benzene rings is 1. The SMILES string of the molecule is CCCNC(Cc1cc(F)ccc1Cl)c1ccc(Br)s1. The summed E-state index contributed by atoms with van der Waals surface area (Å²) < 4.78 is 14.5. The number of thiophene rings is 1. The van der Waals surface area contributed by atoms with E-state index in [4.69, 9.17) is 11.6 Å². The molecule has 1 nitrogen and oxygen atoms in total. The predicted molar refractivity (Wildman–Crippen MR) is 88.2 cm³/mol. The van der Waals surface area contributed by atoms with Crippen molar-refractivity contribution in [2.24, 2.45) is 0 Å². The van der Waals surface area contributed by atoms with Gasteiger partial charge in [0.25, 0.3) is 0 Å². The molecule has 0 aliphatic carbocycles. The molecule has 0 fully saturated rings. The molecule has 0 aliphatic rings. The molecular formula is C15H16BrClFNS. The molecule has 2 aromatic rings. The number of halogens is 3. The van der Waals surface area contributed by atoms with Gasteiger partial charge in [0, 0.05) is 15.9 Å². The van der Waals surface area contributed by atoms with Gasteiger partial charge < -0.3 is 5.32 Å². The van der Waals surface area contributed by atoms with Gasteiger partial charge in [-0.3, -0.25) is 0 Å². The van der Waals surface area contributed by atoms with Crippen molar-refractivity contribution in [1.29, 1.82) is 0 Å². The van der Waals surface area contributed by atoms with Gasteiger partial charge in [0.2, 0.25) is 0 Å². The van der Waals surface area contributed by atoms with Crippen LogP contribution in [0.15, 0.2) is 34.1 Å². The van der Waals surface area contributed by atoms with E-state index in [-0.39, 0.29) is 11.9 Å². The summed E-state index contributed by atoms with van der Waals surface area (Å²) in [5, 5.41) is 4.12. The van der Waals surface area contributed by atoms with Crippen molar-refractivity contribution in [3.05, 3.63) is 55.4 Å². The van der Waals surface area contributed by atoms with E-state index in [9.17, 15) is 4.39 Å². The van der Waals surface area contributed by atoms with E-state index in [1.54, 1.807) is 17.4 Å². The number of nitrogens with one attached hydrogen (secondary N) is 1. The van der Waals surface area contributed by atoms with E-state index in [0.717, 1.165) is 22.3 Å². The molecule has 0 bridgehead atoms. The lowest BCUT2D eigenvalue weighted by molar-refractivity contribution is 0.534. The largest absolute Gasteiger partial charge is 0.309 e. The zero-order chi connectivity index (χ0) is 14.5. The summed E-state index contributed by atoms with van der Waals surface area (Å²) in [7, 11) is 0. The highest BCUT2D eigenvalue weighted by atomic mass is 79.9. The molecule has 0 amide bonds. The summed E-state index contributed by atoms with van der Waals surface area (Å²) in [4.78, 5) is 1.23. The second-order valence-electron chi connectivity index (χ2n) is 4.59. The second-order valence-corrected chi connectivity index (χ2v) is 7.49. The molecule has 1 heterocycles. The van der Waals surface area contributed by atoms with Crippen LogP contribution in [0, 0.1) is 5.82 Å². The molecule has 1 atom stereocenters. The maximum atomic E-state index is 13.4. The molecule has 20 heavy (non-hydrogen) atoms. The van der Waals surface area contributed by atoms with Gasteiger partial charge in [-0.05, 0) is 71.2 Å². The van der Waals surface area contributed by atoms with Crippen LogP contribution in [0.1, 0.15) is 29.8 Å². The monoisotopic (exact) mass is 375 g/mol. The smallest absolute Gasteiger partial charge is 0.123 e. The second kappa shape index (κ2) is 7.55. The fraction of sp³-hybridized carbons (Fsp3) is 0.333. The van der Waals surface area contributed by atoms with Crippen LogP contribution < -0.4 is 5.32 Å². The van der Waals surface area contributed by atoms with Gasteiger partial charge in [-0.1, -0.05) is 18.5 Å². The first-order chi connectivity index (χ1) is 9.60. The third kappa shape index (κ3) is 4.29. The minimum absolute atomic E-state index is 0.158. The zero-order valence-corrected chi connectivity index (χ0v) is 14.3. The Morgan fingerprint density at radius 2 is 2.15 bits per heavy atom. The Hall–Kier alpha value is -0.420. The summed E-state index contributed by atoms with van der Waals surface area (Å²) in [6.45, 7) is 3.05. The Morgan fingerprint density at radius 3 is 2.80 bits per heavy atom. The van der Waals surface area contributed by atoms with Crippen LogP contribution in [0.5, 0.6) is 0 Å². The van der Waals surface area contributed by atoms with Gasteiger partial charge >= 0.3 is 0 Å². The molecule has 1 aromatic carbocycles. The van der Waals surface area contributed by atoms with Crippen molar-refractivity contribution in [2.45, 2.75) is 25.8 Å². The van der Waals surface area contributed by atoms with Crippen molar-refractivity contribution in [1.82, 2.24) is 5.32 Å². The average molecular weight is 377 g/mol. The third-order valence-corrected chi connectivity index (χ3v) is 5.12. The van der Waals surface area contributed by atoms with Gasteiger partial charge in [0.15, 0.2) is 0 Å². The molecule has 0 aliphatic heterocycles. The number of hydrogen-bond acceptors (Lipinski definition) is 2. The molecule has 0 saturated heterocycles. The van der Waals surface area contributed by atoms with Crippen molar-refractivity contribution in [3.63, 3.8) is 0 Å². The van der Waals surface area contributed by atoms with Gasteiger partial charge in [0.05, 0.1) is 3.79 Å². The Morgan fingerprint density at radius 1 is 1.35 bits per heavy atom. The molecule has 5 heteroatoms. The first-order valence-electron chi connectivity index (χ1n) is 6.52. The van der Waals surface area contributed by atoms with E-state index in [1.165, 1.54) is 17.0 Å². The lowest BCUT2D eigenvalue weighted by Crippen LogP contribution is -2.23. The van der Waals surface area contributed by atoms with Crippen molar-refractivity contribution in [3.8, 4) is 0 Å². The van der Waals surface area contributed by atoms with Crippen LogP contribution in [-0.4, -0.2) is 6.54 Å². The van der Waals surface area contributed by atoms with Gasteiger partial charge in [-0.25, -0.2) is 4.39 Å². The Balaban J connectivity index is 2.21. The van der Waals surface area contributed by atoms with E-state index in [0.29, 0.717) is 11.4 Å². The van der Waals surface area contributed by atoms with Gasteiger partial charge in [0.1, 0.15) is 5.82 Å². The third-order valence-electron chi connectivity index (χ3n) is 3.01. The molecule has 1 N–H and O–H groups in total. The van der Waals surface area contributed by atoms with Crippen molar-refractivity contribution >= 4 is 38.9 Å². The van der Waals surface area contributed by atoms with E-state index < -0.39 is 0 Å². The summed E-state index contributed by atoms with van der Waals surface area (Å²) in [6.07, 6.45) is 1.74. The minimum atomic E-state index is -0.244. The normalized spacial score (nSPS) is 12.6. The molecule has 0 radical (unpaired) electrons. The fourth-order valence-corrected chi connectivity index (χ4v) is 3.72. The maximum absolute atomic E-state index is 13.4. The lowest BCUT2D eigenvalue weighted by Gasteiger charge is -2.18. The highest BCUT2D eigenvalue weighted by Gasteiger charge is 2.15. The maximum Gasteiger partial charge on any atom is 0.123 e.